The summed E-state index contributed by atoms with van der Waals surface area (Å²) in [6, 6.07) is 13.1. The van der Waals surface area contributed by atoms with E-state index >= 15 is 0 Å². The molecular formula is C26H25N3O3S. The third-order valence-corrected chi connectivity index (χ3v) is 6.89. The summed E-state index contributed by atoms with van der Waals surface area (Å²) in [5.41, 5.74) is 5.00. The Labute approximate surface area is 197 Å². The van der Waals surface area contributed by atoms with Crippen LogP contribution in [-0.4, -0.2) is 34.0 Å². The van der Waals surface area contributed by atoms with Gasteiger partial charge in [0.25, 0.3) is 5.91 Å². The normalized spacial score (nSPS) is 13.1. The fourth-order valence-electron chi connectivity index (χ4n) is 3.90. The molecule has 3 aromatic rings. The fraction of sp³-hybridized carbons (Fsp3) is 0.231. The van der Waals surface area contributed by atoms with Gasteiger partial charge in [0.2, 0.25) is 5.91 Å². The van der Waals surface area contributed by atoms with Crippen LogP contribution in [0.2, 0.25) is 0 Å². The number of amides is 2. The average molecular weight is 460 g/mol. The average Bonchev–Trinajstić information content (AvgIpc) is 3.33. The maximum atomic E-state index is 12.9. The van der Waals surface area contributed by atoms with Crippen LogP contribution >= 0.6 is 11.3 Å². The summed E-state index contributed by atoms with van der Waals surface area (Å²) < 4.78 is 0. The molecule has 2 amide bonds. The number of nitrogens with one attached hydrogen (secondary N) is 1. The number of pyridine rings is 1. The summed E-state index contributed by atoms with van der Waals surface area (Å²) in [6.45, 7) is 4.87. The second-order valence-corrected chi connectivity index (χ2v) is 9.07. The topological polar surface area (TPSA) is 79.4 Å². The second kappa shape index (κ2) is 9.92. The summed E-state index contributed by atoms with van der Waals surface area (Å²) in [4.78, 5) is 44.3. The molecule has 1 aromatic carbocycles. The van der Waals surface area contributed by atoms with Crippen LogP contribution in [-0.2, 0) is 24.3 Å². The quantitative estimate of drug-likeness (QED) is 0.443. The van der Waals surface area contributed by atoms with Crippen molar-refractivity contribution in [3.63, 3.8) is 0 Å². The molecule has 6 nitrogen and oxygen atoms in total. The predicted octanol–water partition coefficient (Wildman–Crippen LogP) is 4.18. The monoisotopic (exact) mass is 459 g/mol. The van der Waals surface area contributed by atoms with Gasteiger partial charge in [0.15, 0.2) is 5.78 Å². The zero-order valence-electron chi connectivity index (χ0n) is 18.6. The Kier molecular flexibility index (Phi) is 6.79. The molecular weight excluding hydrogens is 434 g/mol. The summed E-state index contributed by atoms with van der Waals surface area (Å²) in [6.07, 6.45) is 5.83. The van der Waals surface area contributed by atoms with Crippen molar-refractivity contribution in [2.24, 2.45) is 0 Å². The Bertz CT molecular complexity index is 1230. The second-order valence-electron chi connectivity index (χ2n) is 7.98. The van der Waals surface area contributed by atoms with Crippen molar-refractivity contribution in [3.8, 4) is 0 Å². The lowest BCUT2D eigenvalue weighted by Crippen LogP contribution is -2.36. The highest BCUT2D eigenvalue weighted by Gasteiger charge is 2.26. The lowest BCUT2D eigenvalue weighted by Gasteiger charge is -2.30. The minimum atomic E-state index is -0.164. The predicted molar refractivity (Wildman–Crippen MR) is 129 cm³/mol. The van der Waals surface area contributed by atoms with E-state index in [0.717, 1.165) is 27.9 Å². The summed E-state index contributed by atoms with van der Waals surface area (Å²) in [5, 5.41) is 2.96. The molecule has 0 saturated carbocycles. The van der Waals surface area contributed by atoms with E-state index in [9.17, 15) is 14.4 Å². The lowest BCUT2D eigenvalue weighted by molar-refractivity contribution is -0.116. The number of thiophene rings is 1. The van der Waals surface area contributed by atoms with Crippen molar-refractivity contribution in [1.29, 1.82) is 0 Å². The first-order chi connectivity index (χ1) is 15.9. The molecule has 0 fully saturated rings. The minimum absolute atomic E-state index is 0.0342. The first-order valence-electron chi connectivity index (χ1n) is 10.8. The highest BCUT2D eigenvalue weighted by Crippen LogP contribution is 2.26. The molecule has 7 heteroatoms. The molecule has 1 aliphatic heterocycles. The van der Waals surface area contributed by atoms with E-state index < -0.39 is 0 Å². The number of benzene rings is 1. The lowest BCUT2D eigenvalue weighted by atomic mass is 9.94. The van der Waals surface area contributed by atoms with E-state index in [-0.39, 0.29) is 17.6 Å². The van der Waals surface area contributed by atoms with Crippen LogP contribution in [0.4, 0.5) is 0 Å². The van der Waals surface area contributed by atoms with Crippen LogP contribution in [0.5, 0.6) is 0 Å². The van der Waals surface area contributed by atoms with Crippen LogP contribution < -0.4 is 5.32 Å². The SMILES string of the molecule is CC(=O)c1ccc(C(=O)N2CCc3c(cnc(C)c3CNC(=O)/C=C/c3ccccc3)C2)s1. The van der Waals surface area contributed by atoms with Crippen LogP contribution in [0.3, 0.4) is 0 Å². The van der Waals surface area contributed by atoms with E-state index in [4.69, 9.17) is 0 Å². The number of carbonyl (C=O) groups is 3. The highest BCUT2D eigenvalue weighted by atomic mass is 32.1. The minimum Gasteiger partial charge on any atom is -0.348 e. The fourth-order valence-corrected chi connectivity index (χ4v) is 4.77. The van der Waals surface area contributed by atoms with Gasteiger partial charge in [-0.05, 0) is 60.7 Å². The number of rotatable bonds is 6. The molecule has 0 bridgehead atoms. The van der Waals surface area contributed by atoms with Crippen molar-refractivity contribution in [3.05, 3.63) is 92.4 Å². The van der Waals surface area contributed by atoms with Crippen LogP contribution in [0, 0.1) is 6.92 Å². The number of aromatic nitrogens is 1. The van der Waals surface area contributed by atoms with Crippen molar-refractivity contribution < 1.29 is 14.4 Å². The first kappa shape index (κ1) is 22.6. The highest BCUT2D eigenvalue weighted by molar-refractivity contribution is 7.15. The smallest absolute Gasteiger partial charge is 0.264 e. The van der Waals surface area contributed by atoms with Crippen molar-refractivity contribution in [2.75, 3.05) is 6.54 Å². The van der Waals surface area contributed by atoms with Crippen LogP contribution in [0.15, 0.2) is 54.7 Å². The summed E-state index contributed by atoms with van der Waals surface area (Å²) >= 11 is 1.23. The molecule has 0 unspecified atom stereocenters. The molecule has 1 N–H and O–H groups in total. The maximum absolute atomic E-state index is 12.9. The molecule has 0 saturated heterocycles. The van der Waals surface area contributed by atoms with E-state index in [0.29, 0.717) is 35.8 Å². The third-order valence-electron chi connectivity index (χ3n) is 5.71. The molecule has 0 atom stereocenters. The van der Waals surface area contributed by atoms with E-state index in [1.165, 1.54) is 24.3 Å². The molecule has 4 rings (SSSR count). The number of fused-ring (bicyclic) bond motifs is 1. The Hall–Kier alpha value is -3.58. The van der Waals surface area contributed by atoms with Gasteiger partial charge < -0.3 is 10.2 Å². The number of aryl methyl sites for hydroxylation is 1. The molecule has 3 heterocycles. The molecule has 0 spiro atoms. The van der Waals surface area contributed by atoms with Crippen molar-refractivity contribution in [2.45, 2.75) is 33.4 Å². The third kappa shape index (κ3) is 5.26. The van der Waals surface area contributed by atoms with E-state index in [1.807, 2.05) is 43.5 Å². The molecule has 2 aromatic heterocycles. The van der Waals surface area contributed by atoms with Gasteiger partial charge in [-0.3, -0.25) is 19.4 Å². The van der Waals surface area contributed by atoms with Gasteiger partial charge in [-0.2, -0.15) is 0 Å². The van der Waals surface area contributed by atoms with Gasteiger partial charge in [-0.1, -0.05) is 30.3 Å². The van der Waals surface area contributed by atoms with Crippen LogP contribution in [0.1, 0.15) is 54.2 Å². The number of nitrogens with zero attached hydrogens (tertiary/aromatic N) is 2. The zero-order valence-corrected chi connectivity index (χ0v) is 19.4. The molecule has 168 valence electrons. The molecule has 0 radical (unpaired) electrons. The first-order valence-corrected chi connectivity index (χ1v) is 11.6. The molecule has 1 aliphatic rings. The van der Waals surface area contributed by atoms with E-state index in [1.54, 1.807) is 23.1 Å². The van der Waals surface area contributed by atoms with Gasteiger partial charge in [0, 0.05) is 37.6 Å². The number of Topliss-reactive ketones (excluding diaryl/α,β-unsaturated/α-hetero) is 1. The maximum Gasteiger partial charge on any atom is 0.264 e. The van der Waals surface area contributed by atoms with Crippen LogP contribution in [0.25, 0.3) is 6.08 Å². The summed E-state index contributed by atoms with van der Waals surface area (Å²) in [7, 11) is 0. The standard InChI is InChI=1S/C26H25N3O3S/c1-17-22(15-28-25(31)11-8-19-6-4-3-5-7-19)21-12-13-29(16-20(21)14-27-17)26(32)24-10-9-23(33-24)18(2)30/h3-11,14H,12-13,15-16H2,1-2H3,(H,28,31)/b11-8+. The molecule has 0 aliphatic carbocycles. The van der Waals surface area contributed by atoms with Crippen molar-refractivity contribution in [1.82, 2.24) is 15.2 Å². The number of hydrogen-bond donors (Lipinski definition) is 1. The number of ketones is 1. The van der Waals surface area contributed by atoms with Gasteiger partial charge >= 0.3 is 0 Å². The van der Waals surface area contributed by atoms with Gasteiger partial charge in [0.1, 0.15) is 0 Å². The van der Waals surface area contributed by atoms with Gasteiger partial charge in [-0.25, -0.2) is 0 Å². The number of hydrogen-bond acceptors (Lipinski definition) is 5. The van der Waals surface area contributed by atoms with Crippen molar-refractivity contribution >= 4 is 35.0 Å². The summed E-state index contributed by atoms with van der Waals surface area (Å²) in [5.74, 6) is -0.268. The number of carbonyl (C=O) groups excluding carboxylic acids is 3. The largest absolute Gasteiger partial charge is 0.348 e. The van der Waals surface area contributed by atoms with E-state index in [2.05, 4.69) is 10.3 Å². The Morgan fingerprint density at radius 1 is 1.12 bits per heavy atom. The zero-order chi connectivity index (χ0) is 23.4. The van der Waals surface area contributed by atoms with Gasteiger partial charge in [0.05, 0.1) is 9.75 Å². The molecule has 33 heavy (non-hydrogen) atoms. The Morgan fingerprint density at radius 2 is 1.88 bits per heavy atom. The van der Waals surface area contributed by atoms with Gasteiger partial charge in [-0.15, -0.1) is 11.3 Å². The Morgan fingerprint density at radius 3 is 2.61 bits per heavy atom. The Balaban J connectivity index is 1.44.